The number of nitrogens with one attached hydrogen (secondary N) is 1. The first-order chi connectivity index (χ1) is 8.24. The first-order valence-electron chi connectivity index (χ1n) is 6.48. The molecular weight excluding hydrogens is 216 g/mol. The highest BCUT2D eigenvalue weighted by Gasteiger charge is 2.30. The van der Waals surface area contributed by atoms with Crippen molar-refractivity contribution in [3.05, 3.63) is 5.82 Å². The molecule has 2 heterocycles. The summed E-state index contributed by atoms with van der Waals surface area (Å²) in [7, 11) is 0. The van der Waals surface area contributed by atoms with Gasteiger partial charge in [0.1, 0.15) is 0 Å². The SMILES string of the molecule is CC1CN(Cc2nnnn2C2CC2)C(C)CN1. The molecule has 1 saturated heterocycles. The van der Waals surface area contributed by atoms with E-state index in [2.05, 4.69) is 39.6 Å². The topological polar surface area (TPSA) is 58.9 Å². The van der Waals surface area contributed by atoms with Gasteiger partial charge in [0, 0.05) is 25.2 Å². The fraction of sp³-hybridized carbons (Fsp3) is 0.909. The average molecular weight is 236 g/mol. The van der Waals surface area contributed by atoms with Gasteiger partial charge in [-0.2, -0.15) is 0 Å². The summed E-state index contributed by atoms with van der Waals surface area (Å²) in [4.78, 5) is 2.46. The van der Waals surface area contributed by atoms with Crippen molar-refractivity contribution in [2.75, 3.05) is 13.1 Å². The molecule has 1 aliphatic heterocycles. The Bertz CT molecular complexity index is 385. The van der Waals surface area contributed by atoms with Gasteiger partial charge in [-0.05, 0) is 37.1 Å². The zero-order valence-electron chi connectivity index (χ0n) is 10.5. The molecule has 1 N–H and O–H groups in total. The van der Waals surface area contributed by atoms with Crippen LogP contribution in [0, 0.1) is 0 Å². The average Bonchev–Trinajstić information content (AvgIpc) is 3.05. The number of nitrogens with zero attached hydrogens (tertiary/aromatic N) is 5. The minimum Gasteiger partial charge on any atom is -0.311 e. The van der Waals surface area contributed by atoms with Gasteiger partial charge in [-0.3, -0.25) is 4.90 Å². The lowest BCUT2D eigenvalue weighted by Crippen LogP contribution is -2.53. The lowest BCUT2D eigenvalue weighted by atomic mass is 10.1. The predicted octanol–water partition coefficient (Wildman–Crippen LogP) is 0.190. The summed E-state index contributed by atoms with van der Waals surface area (Å²) in [5.74, 6) is 1.02. The van der Waals surface area contributed by atoms with Crippen molar-refractivity contribution in [1.82, 2.24) is 30.4 Å². The third kappa shape index (κ3) is 2.32. The molecular formula is C11H20N6. The summed E-state index contributed by atoms with van der Waals surface area (Å²) in [6, 6.07) is 1.67. The van der Waals surface area contributed by atoms with Crippen LogP contribution in [-0.4, -0.2) is 50.3 Å². The van der Waals surface area contributed by atoms with E-state index >= 15 is 0 Å². The van der Waals surface area contributed by atoms with Crippen molar-refractivity contribution in [3.8, 4) is 0 Å². The Labute approximate surface area is 101 Å². The van der Waals surface area contributed by atoms with Crippen molar-refractivity contribution < 1.29 is 0 Å². The molecule has 2 aliphatic rings. The molecule has 0 amide bonds. The Hall–Kier alpha value is -1.01. The second-order valence-corrected chi connectivity index (χ2v) is 5.36. The van der Waals surface area contributed by atoms with Crippen LogP contribution in [0.25, 0.3) is 0 Å². The van der Waals surface area contributed by atoms with Crippen LogP contribution in [0.5, 0.6) is 0 Å². The van der Waals surface area contributed by atoms with E-state index in [0.717, 1.165) is 25.5 Å². The number of hydrogen-bond donors (Lipinski definition) is 1. The van der Waals surface area contributed by atoms with Crippen LogP contribution in [0.4, 0.5) is 0 Å². The Morgan fingerprint density at radius 2 is 2.18 bits per heavy atom. The predicted molar refractivity (Wildman–Crippen MR) is 63.4 cm³/mol. The van der Waals surface area contributed by atoms with E-state index in [0.29, 0.717) is 18.1 Å². The molecule has 94 valence electrons. The molecule has 1 aliphatic carbocycles. The zero-order valence-corrected chi connectivity index (χ0v) is 10.5. The summed E-state index contributed by atoms with van der Waals surface area (Å²) < 4.78 is 2.01. The summed E-state index contributed by atoms with van der Waals surface area (Å²) in [6.07, 6.45) is 2.46. The highest BCUT2D eigenvalue weighted by Crippen LogP contribution is 2.34. The van der Waals surface area contributed by atoms with E-state index in [4.69, 9.17) is 0 Å². The molecule has 0 aromatic carbocycles. The van der Waals surface area contributed by atoms with Crippen molar-refractivity contribution in [2.45, 2.75) is 51.4 Å². The molecule has 1 saturated carbocycles. The molecule has 17 heavy (non-hydrogen) atoms. The summed E-state index contributed by atoms with van der Waals surface area (Å²) >= 11 is 0. The quantitative estimate of drug-likeness (QED) is 0.812. The van der Waals surface area contributed by atoms with E-state index in [1.54, 1.807) is 0 Å². The molecule has 1 aromatic heterocycles. The number of rotatable bonds is 3. The fourth-order valence-electron chi connectivity index (χ4n) is 2.42. The van der Waals surface area contributed by atoms with Gasteiger partial charge in [0.15, 0.2) is 5.82 Å². The Kier molecular flexibility index (Phi) is 2.84. The van der Waals surface area contributed by atoms with Crippen molar-refractivity contribution in [1.29, 1.82) is 0 Å². The Balaban J connectivity index is 1.70. The van der Waals surface area contributed by atoms with Crippen LogP contribution in [-0.2, 0) is 6.54 Å². The fourth-order valence-corrected chi connectivity index (χ4v) is 2.42. The van der Waals surface area contributed by atoms with Crippen molar-refractivity contribution >= 4 is 0 Å². The minimum absolute atomic E-state index is 0.551. The van der Waals surface area contributed by atoms with Crippen LogP contribution >= 0.6 is 0 Å². The normalized spacial score (nSPS) is 30.7. The molecule has 6 nitrogen and oxygen atoms in total. The Morgan fingerprint density at radius 3 is 2.94 bits per heavy atom. The largest absolute Gasteiger partial charge is 0.311 e. The Morgan fingerprint density at radius 1 is 1.35 bits per heavy atom. The van der Waals surface area contributed by atoms with Gasteiger partial charge in [-0.15, -0.1) is 5.10 Å². The summed E-state index contributed by atoms with van der Waals surface area (Å²) in [5, 5.41) is 15.6. The van der Waals surface area contributed by atoms with E-state index in [9.17, 15) is 0 Å². The highest BCUT2D eigenvalue weighted by molar-refractivity contribution is 4.92. The smallest absolute Gasteiger partial charge is 0.165 e. The third-order valence-corrected chi connectivity index (χ3v) is 3.69. The van der Waals surface area contributed by atoms with Crippen LogP contribution in [0.2, 0.25) is 0 Å². The first kappa shape index (κ1) is 11.1. The standard InChI is InChI=1S/C11H20N6/c1-8-6-16(9(2)5-12-8)7-11-13-14-15-17(11)10-3-4-10/h8-10,12H,3-7H2,1-2H3. The lowest BCUT2D eigenvalue weighted by Gasteiger charge is -2.37. The number of piperazine rings is 1. The molecule has 2 atom stereocenters. The monoisotopic (exact) mass is 236 g/mol. The second-order valence-electron chi connectivity index (χ2n) is 5.36. The maximum Gasteiger partial charge on any atom is 0.165 e. The molecule has 0 radical (unpaired) electrons. The van der Waals surface area contributed by atoms with Gasteiger partial charge in [0.25, 0.3) is 0 Å². The molecule has 2 fully saturated rings. The first-order valence-corrected chi connectivity index (χ1v) is 6.48. The maximum absolute atomic E-state index is 4.17. The lowest BCUT2D eigenvalue weighted by molar-refractivity contribution is 0.133. The molecule has 0 bridgehead atoms. The summed E-state index contributed by atoms with van der Waals surface area (Å²) in [6.45, 7) is 7.47. The maximum atomic E-state index is 4.17. The van der Waals surface area contributed by atoms with Crippen molar-refractivity contribution in [3.63, 3.8) is 0 Å². The second kappa shape index (κ2) is 4.34. The molecule has 0 spiro atoms. The van der Waals surface area contributed by atoms with Crippen molar-refractivity contribution in [2.24, 2.45) is 0 Å². The zero-order chi connectivity index (χ0) is 11.8. The number of tetrazole rings is 1. The van der Waals surface area contributed by atoms with Crippen LogP contribution in [0.15, 0.2) is 0 Å². The van der Waals surface area contributed by atoms with Gasteiger partial charge in [0.2, 0.25) is 0 Å². The van der Waals surface area contributed by atoms with Gasteiger partial charge in [-0.1, -0.05) is 0 Å². The van der Waals surface area contributed by atoms with Gasteiger partial charge in [0.05, 0.1) is 12.6 Å². The van der Waals surface area contributed by atoms with Gasteiger partial charge >= 0.3 is 0 Å². The number of aromatic nitrogens is 4. The van der Waals surface area contributed by atoms with Crippen LogP contribution < -0.4 is 5.32 Å². The van der Waals surface area contributed by atoms with E-state index in [1.807, 2.05) is 4.68 Å². The molecule has 3 rings (SSSR count). The molecule has 2 unspecified atom stereocenters. The van der Waals surface area contributed by atoms with Gasteiger partial charge in [-0.25, -0.2) is 4.68 Å². The van der Waals surface area contributed by atoms with E-state index < -0.39 is 0 Å². The van der Waals surface area contributed by atoms with E-state index in [1.165, 1.54) is 12.8 Å². The van der Waals surface area contributed by atoms with E-state index in [-0.39, 0.29) is 0 Å². The van der Waals surface area contributed by atoms with Crippen LogP contribution in [0.3, 0.4) is 0 Å². The molecule has 6 heteroatoms. The minimum atomic E-state index is 0.551. The van der Waals surface area contributed by atoms with Crippen LogP contribution in [0.1, 0.15) is 38.6 Å². The highest BCUT2D eigenvalue weighted by atomic mass is 15.6. The summed E-state index contributed by atoms with van der Waals surface area (Å²) in [5.41, 5.74) is 0. The third-order valence-electron chi connectivity index (χ3n) is 3.69. The van der Waals surface area contributed by atoms with Gasteiger partial charge < -0.3 is 5.32 Å². The molecule has 1 aromatic rings. The number of hydrogen-bond acceptors (Lipinski definition) is 5.